The summed E-state index contributed by atoms with van der Waals surface area (Å²) in [7, 11) is 0. The number of nitrogens with one attached hydrogen (secondary N) is 1. The minimum atomic E-state index is -0.690. The molecule has 0 aromatic heterocycles. The molecule has 1 atom stereocenters. The molecule has 5 nitrogen and oxygen atoms in total. The lowest BCUT2D eigenvalue weighted by atomic mass is 10.0. The maximum atomic E-state index is 13.5. The van der Waals surface area contributed by atoms with E-state index in [1.807, 2.05) is 68.4 Å². The van der Waals surface area contributed by atoms with Crippen molar-refractivity contribution in [2.24, 2.45) is 0 Å². The van der Waals surface area contributed by atoms with E-state index in [1.165, 1.54) is 0 Å². The molecule has 1 N–H and O–H groups in total. The van der Waals surface area contributed by atoms with Gasteiger partial charge in [0.1, 0.15) is 11.8 Å². The minimum absolute atomic E-state index is 0.138. The number of rotatable bonds is 12. The number of likely N-dealkylation sites (N-methyl/N-ethyl adjacent to an activating group) is 1. The molecule has 0 saturated heterocycles. The van der Waals surface area contributed by atoms with E-state index in [4.69, 9.17) is 27.9 Å². The average molecular weight is 527 g/mol. The fraction of sp³-hybridized carbons (Fsp3) is 0.310. The Kier molecular flexibility index (Phi) is 10.6. The molecule has 0 fully saturated rings. The van der Waals surface area contributed by atoms with Gasteiger partial charge in [0, 0.05) is 36.0 Å². The Balaban J connectivity index is 1.79. The van der Waals surface area contributed by atoms with Crippen LogP contribution in [0.2, 0.25) is 10.0 Å². The van der Waals surface area contributed by atoms with E-state index < -0.39 is 6.04 Å². The first-order valence-electron chi connectivity index (χ1n) is 12.1. The maximum absolute atomic E-state index is 13.5. The van der Waals surface area contributed by atoms with Crippen LogP contribution in [-0.4, -0.2) is 35.9 Å². The lowest BCUT2D eigenvalue weighted by molar-refractivity contribution is -0.141. The van der Waals surface area contributed by atoms with Crippen LogP contribution >= 0.6 is 23.2 Å². The SMILES string of the molecule is CCNC(=O)[C@H](Cc1ccccc1)N(Cc1ccc(Cl)cc1Cl)C(=O)CCCOc1ccc(C)cc1. The van der Waals surface area contributed by atoms with Gasteiger partial charge in [0.15, 0.2) is 0 Å². The predicted molar refractivity (Wildman–Crippen MR) is 146 cm³/mol. The quantitative estimate of drug-likeness (QED) is 0.284. The molecule has 3 rings (SSSR count). The Morgan fingerprint density at radius 1 is 1.00 bits per heavy atom. The van der Waals surface area contributed by atoms with Crippen LogP contribution in [0.25, 0.3) is 0 Å². The van der Waals surface area contributed by atoms with Gasteiger partial charge in [-0.3, -0.25) is 9.59 Å². The number of nitrogens with zero attached hydrogens (tertiary/aromatic N) is 1. The molecule has 0 bridgehead atoms. The molecule has 7 heteroatoms. The molecule has 0 unspecified atom stereocenters. The zero-order valence-electron chi connectivity index (χ0n) is 20.7. The summed E-state index contributed by atoms with van der Waals surface area (Å²) in [5.74, 6) is 0.429. The minimum Gasteiger partial charge on any atom is -0.494 e. The fourth-order valence-electron chi connectivity index (χ4n) is 3.87. The second-order valence-corrected chi connectivity index (χ2v) is 9.47. The first-order chi connectivity index (χ1) is 17.4. The number of hydrogen-bond donors (Lipinski definition) is 1. The Labute approximate surface area is 223 Å². The monoisotopic (exact) mass is 526 g/mol. The van der Waals surface area contributed by atoms with Gasteiger partial charge < -0.3 is 15.0 Å². The molecule has 2 amide bonds. The summed E-state index contributed by atoms with van der Waals surface area (Å²) < 4.78 is 5.80. The van der Waals surface area contributed by atoms with Crippen molar-refractivity contribution in [3.8, 4) is 5.75 Å². The summed E-state index contributed by atoms with van der Waals surface area (Å²) in [5, 5.41) is 3.86. The zero-order chi connectivity index (χ0) is 25.9. The number of aryl methyl sites for hydroxylation is 1. The Bertz CT molecular complexity index is 1140. The maximum Gasteiger partial charge on any atom is 0.243 e. The molecule has 3 aromatic carbocycles. The van der Waals surface area contributed by atoms with Crippen molar-refractivity contribution in [2.75, 3.05) is 13.2 Å². The van der Waals surface area contributed by atoms with Gasteiger partial charge in [-0.15, -0.1) is 0 Å². The Morgan fingerprint density at radius 3 is 2.39 bits per heavy atom. The molecule has 3 aromatic rings. The van der Waals surface area contributed by atoms with Crippen LogP contribution in [0.3, 0.4) is 0 Å². The highest BCUT2D eigenvalue weighted by Crippen LogP contribution is 2.24. The van der Waals surface area contributed by atoms with Crippen LogP contribution in [0.15, 0.2) is 72.8 Å². The standard InChI is InChI=1S/C29H32Cl2N2O3/c1-3-32-29(35)27(18-22-8-5-4-6-9-22)33(20-23-13-14-24(30)19-26(23)31)28(34)10-7-17-36-25-15-11-21(2)12-16-25/h4-6,8-9,11-16,19,27H,3,7,10,17-18,20H2,1-2H3,(H,32,35)/t27-/m0/s1. The summed E-state index contributed by atoms with van der Waals surface area (Å²) >= 11 is 12.5. The summed E-state index contributed by atoms with van der Waals surface area (Å²) in [4.78, 5) is 28.3. The van der Waals surface area contributed by atoms with Crippen LogP contribution in [0.5, 0.6) is 5.75 Å². The van der Waals surface area contributed by atoms with Gasteiger partial charge >= 0.3 is 0 Å². The third kappa shape index (κ3) is 8.28. The third-order valence-electron chi connectivity index (χ3n) is 5.80. The van der Waals surface area contributed by atoms with Gasteiger partial charge in [-0.05, 0) is 55.7 Å². The van der Waals surface area contributed by atoms with E-state index >= 15 is 0 Å². The summed E-state index contributed by atoms with van der Waals surface area (Å²) in [6.07, 6.45) is 1.15. The van der Waals surface area contributed by atoms with Gasteiger partial charge in [0.05, 0.1) is 6.61 Å². The highest BCUT2D eigenvalue weighted by Gasteiger charge is 2.30. The molecule has 0 aliphatic heterocycles. The highest BCUT2D eigenvalue weighted by atomic mass is 35.5. The number of amides is 2. The van der Waals surface area contributed by atoms with Crippen molar-refractivity contribution < 1.29 is 14.3 Å². The number of carbonyl (C=O) groups excluding carboxylic acids is 2. The van der Waals surface area contributed by atoms with Gasteiger partial charge in [-0.2, -0.15) is 0 Å². The largest absolute Gasteiger partial charge is 0.494 e. The van der Waals surface area contributed by atoms with E-state index in [-0.39, 0.29) is 24.8 Å². The second-order valence-electron chi connectivity index (χ2n) is 8.62. The second kappa shape index (κ2) is 13.9. The van der Waals surface area contributed by atoms with Crippen LogP contribution in [0, 0.1) is 6.92 Å². The molecular weight excluding hydrogens is 495 g/mol. The Hall–Kier alpha value is -3.02. The Morgan fingerprint density at radius 2 is 1.72 bits per heavy atom. The number of ether oxygens (including phenoxy) is 1. The summed E-state index contributed by atoms with van der Waals surface area (Å²) in [6.45, 7) is 4.95. The highest BCUT2D eigenvalue weighted by molar-refractivity contribution is 6.35. The van der Waals surface area contributed by atoms with Crippen molar-refractivity contribution in [2.45, 2.75) is 45.7 Å². The van der Waals surface area contributed by atoms with E-state index in [0.717, 1.165) is 22.4 Å². The average Bonchev–Trinajstić information content (AvgIpc) is 2.87. The van der Waals surface area contributed by atoms with Gasteiger partial charge in [0.2, 0.25) is 11.8 Å². The first kappa shape index (κ1) is 27.6. The van der Waals surface area contributed by atoms with Crippen LogP contribution in [-0.2, 0) is 22.6 Å². The summed E-state index contributed by atoms with van der Waals surface area (Å²) in [6, 6.07) is 22.0. The van der Waals surface area contributed by atoms with Crippen LogP contribution in [0.1, 0.15) is 36.5 Å². The number of halogens is 2. The molecule has 0 spiro atoms. The lowest BCUT2D eigenvalue weighted by Crippen LogP contribution is -2.50. The smallest absolute Gasteiger partial charge is 0.243 e. The van der Waals surface area contributed by atoms with E-state index in [2.05, 4.69) is 5.32 Å². The number of benzene rings is 3. The molecule has 0 aliphatic carbocycles. The fourth-order valence-corrected chi connectivity index (χ4v) is 4.34. The van der Waals surface area contributed by atoms with E-state index in [1.54, 1.807) is 23.1 Å². The van der Waals surface area contributed by atoms with E-state index in [0.29, 0.717) is 36.0 Å². The first-order valence-corrected chi connectivity index (χ1v) is 12.9. The van der Waals surface area contributed by atoms with Crippen molar-refractivity contribution in [1.29, 1.82) is 0 Å². The van der Waals surface area contributed by atoms with Crippen molar-refractivity contribution in [1.82, 2.24) is 10.2 Å². The molecule has 0 radical (unpaired) electrons. The number of carbonyl (C=O) groups is 2. The van der Waals surface area contributed by atoms with Crippen molar-refractivity contribution in [3.05, 3.63) is 99.5 Å². The molecular formula is C29H32Cl2N2O3. The number of hydrogen-bond acceptors (Lipinski definition) is 3. The van der Waals surface area contributed by atoms with Crippen LogP contribution in [0.4, 0.5) is 0 Å². The molecule has 0 heterocycles. The van der Waals surface area contributed by atoms with Crippen molar-refractivity contribution in [3.63, 3.8) is 0 Å². The van der Waals surface area contributed by atoms with Gasteiger partial charge in [-0.1, -0.05) is 77.3 Å². The zero-order valence-corrected chi connectivity index (χ0v) is 22.2. The molecule has 36 heavy (non-hydrogen) atoms. The molecule has 190 valence electrons. The normalized spacial score (nSPS) is 11.6. The van der Waals surface area contributed by atoms with Gasteiger partial charge in [0.25, 0.3) is 0 Å². The topological polar surface area (TPSA) is 58.6 Å². The third-order valence-corrected chi connectivity index (χ3v) is 6.39. The molecule has 0 aliphatic rings. The lowest BCUT2D eigenvalue weighted by Gasteiger charge is -2.32. The van der Waals surface area contributed by atoms with E-state index in [9.17, 15) is 9.59 Å². The van der Waals surface area contributed by atoms with Crippen molar-refractivity contribution >= 4 is 35.0 Å². The van der Waals surface area contributed by atoms with Crippen LogP contribution < -0.4 is 10.1 Å². The summed E-state index contributed by atoms with van der Waals surface area (Å²) in [5.41, 5.74) is 2.85. The predicted octanol–water partition coefficient (Wildman–Crippen LogP) is 6.24. The molecule has 0 saturated carbocycles. The van der Waals surface area contributed by atoms with Gasteiger partial charge in [-0.25, -0.2) is 0 Å².